The van der Waals surface area contributed by atoms with Crippen LogP contribution in [0.2, 0.25) is 0 Å². The largest absolute Gasteiger partial charge is 0.423 e. The van der Waals surface area contributed by atoms with Crippen molar-refractivity contribution in [1.82, 2.24) is 10.3 Å². The Kier molecular flexibility index (Phi) is 5.33. The van der Waals surface area contributed by atoms with Crippen molar-refractivity contribution >= 4 is 23.0 Å². The average Bonchev–Trinajstić information content (AvgIpc) is 3.17. The number of piperidine rings is 1. The number of hydrogen-bond donors (Lipinski definition) is 1. The summed E-state index contributed by atoms with van der Waals surface area (Å²) in [5.74, 6) is 0.199. The number of nitrogens with zero attached hydrogens (tertiary/aromatic N) is 2. The van der Waals surface area contributed by atoms with Crippen molar-refractivity contribution in [2.24, 2.45) is 5.92 Å². The number of carbonyl (C=O) groups is 1. The molecule has 1 N–H and O–H groups in total. The van der Waals surface area contributed by atoms with Crippen LogP contribution < -0.4 is 10.2 Å². The molecule has 0 radical (unpaired) electrons. The number of rotatable bonds is 5. The maximum Gasteiger partial charge on any atom is 0.298 e. The quantitative estimate of drug-likeness (QED) is 0.705. The van der Waals surface area contributed by atoms with Gasteiger partial charge in [0.15, 0.2) is 5.58 Å². The Morgan fingerprint density at radius 2 is 1.89 bits per heavy atom. The maximum absolute atomic E-state index is 12.8. The van der Waals surface area contributed by atoms with Gasteiger partial charge < -0.3 is 14.6 Å². The summed E-state index contributed by atoms with van der Waals surface area (Å²) in [7, 11) is 0. The van der Waals surface area contributed by atoms with Crippen molar-refractivity contribution in [3.8, 4) is 0 Å². The van der Waals surface area contributed by atoms with E-state index < -0.39 is 0 Å². The third-order valence-electron chi connectivity index (χ3n) is 5.62. The van der Waals surface area contributed by atoms with E-state index in [1.165, 1.54) is 11.1 Å². The summed E-state index contributed by atoms with van der Waals surface area (Å²) < 4.78 is 5.87. The van der Waals surface area contributed by atoms with E-state index in [4.69, 9.17) is 4.42 Å². The summed E-state index contributed by atoms with van der Waals surface area (Å²) in [6.45, 7) is 5.76. The van der Waals surface area contributed by atoms with Crippen LogP contribution in [-0.2, 0) is 4.79 Å². The highest BCUT2D eigenvalue weighted by molar-refractivity contribution is 5.79. The summed E-state index contributed by atoms with van der Waals surface area (Å²) in [5.41, 5.74) is 4.09. The predicted molar refractivity (Wildman–Crippen MR) is 111 cm³/mol. The molecule has 2 heterocycles. The van der Waals surface area contributed by atoms with Gasteiger partial charge in [0.2, 0.25) is 5.91 Å². The van der Waals surface area contributed by atoms with Crippen molar-refractivity contribution in [3.05, 3.63) is 59.7 Å². The van der Waals surface area contributed by atoms with Crippen LogP contribution >= 0.6 is 0 Å². The molecule has 1 fully saturated rings. The number of nitrogens with one attached hydrogen (secondary N) is 1. The molecule has 3 aromatic rings. The number of carbonyl (C=O) groups excluding carboxylic acids is 1. The van der Waals surface area contributed by atoms with Crippen molar-refractivity contribution in [3.63, 3.8) is 0 Å². The summed E-state index contributed by atoms with van der Waals surface area (Å²) in [5, 5.41) is 3.25. The molecule has 1 saturated heterocycles. The van der Waals surface area contributed by atoms with E-state index in [0.717, 1.165) is 43.5 Å². The molecule has 0 saturated carbocycles. The van der Waals surface area contributed by atoms with Crippen LogP contribution in [0.25, 0.3) is 11.1 Å². The lowest BCUT2D eigenvalue weighted by Gasteiger charge is -2.31. The minimum atomic E-state index is 0.0418. The third kappa shape index (κ3) is 3.88. The Morgan fingerprint density at radius 1 is 1.18 bits per heavy atom. The van der Waals surface area contributed by atoms with Gasteiger partial charge in [-0.15, -0.1) is 0 Å². The van der Waals surface area contributed by atoms with Crippen molar-refractivity contribution < 1.29 is 9.21 Å². The molecule has 2 aromatic carbocycles. The summed E-state index contributed by atoms with van der Waals surface area (Å²) >= 11 is 0. The van der Waals surface area contributed by atoms with Crippen molar-refractivity contribution in [2.75, 3.05) is 18.0 Å². The Balaban J connectivity index is 1.36. The highest BCUT2D eigenvalue weighted by atomic mass is 16.4. The number of benzene rings is 2. The minimum Gasteiger partial charge on any atom is -0.423 e. The highest BCUT2D eigenvalue weighted by Crippen LogP contribution is 2.27. The van der Waals surface area contributed by atoms with Gasteiger partial charge in [-0.05, 0) is 43.9 Å². The molecule has 1 aliphatic rings. The van der Waals surface area contributed by atoms with Crippen LogP contribution in [0.4, 0.5) is 6.01 Å². The number of fused-ring (bicyclic) bond motifs is 1. The van der Waals surface area contributed by atoms with E-state index in [2.05, 4.69) is 53.3 Å². The monoisotopic (exact) mass is 377 g/mol. The third-order valence-corrected chi connectivity index (χ3v) is 5.62. The van der Waals surface area contributed by atoms with Gasteiger partial charge in [0.1, 0.15) is 5.52 Å². The zero-order chi connectivity index (χ0) is 19.5. The fourth-order valence-electron chi connectivity index (χ4n) is 3.84. The second-order valence-corrected chi connectivity index (χ2v) is 7.61. The van der Waals surface area contributed by atoms with Crippen molar-refractivity contribution in [1.29, 1.82) is 0 Å². The number of anilines is 1. The summed E-state index contributed by atoms with van der Waals surface area (Å²) in [6.07, 6.45) is 2.51. The number of amides is 1. The molecule has 4 rings (SSSR count). The molecule has 28 heavy (non-hydrogen) atoms. The van der Waals surface area contributed by atoms with E-state index in [0.29, 0.717) is 6.01 Å². The van der Waals surface area contributed by atoms with Crippen LogP contribution in [0, 0.1) is 12.8 Å². The van der Waals surface area contributed by atoms with Gasteiger partial charge in [0, 0.05) is 19.0 Å². The van der Waals surface area contributed by atoms with E-state index in [-0.39, 0.29) is 17.9 Å². The average molecular weight is 377 g/mol. The summed E-state index contributed by atoms with van der Waals surface area (Å²) in [6, 6.07) is 17.0. The molecule has 1 amide bonds. The Bertz CT molecular complexity index is 907. The molecule has 0 spiro atoms. The molecular weight excluding hydrogens is 350 g/mol. The van der Waals surface area contributed by atoms with Crippen LogP contribution in [-0.4, -0.2) is 24.0 Å². The molecule has 1 atom stereocenters. The molecule has 0 bridgehead atoms. The van der Waals surface area contributed by atoms with E-state index in [1.807, 2.05) is 24.3 Å². The fraction of sp³-hybridized carbons (Fsp3) is 0.391. The normalized spacial score (nSPS) is 16.3. The second-order valence-electron chi connectivity index (χ2n) is 7.61. The molecule has 0 aliphatic carbocycles. The first-order valence-electron chi connectivity index (χ1n) is 10.1. The molecule has 5 heteroatoms. The second kappa shape index (κ2) is 8.05. The molecule has 1 unspecified atom stereocenters. The van der Waals surface area contributed by atoms with E-state index >= 15 is 0 Å². The molecule has 146 valence electrons. The first kappa shape index (κ1) is 18.5. The van der Waals surface area contributed by atoms with Gasteiger partial charge in [-0.3, -0.25) is 4.79 Å². The fourth-order valence-corrected chi connectivity index (χ4v) is 3.84. The lowest BCUT2D eigenvalue weighted by Crippen LogP contribution is -2.41. The zero-order valence-corrected chi connectivity index (χ0v) is 16.5. The van der Waals surface area contributed by atoms with Gasteiger partial charge in [-0.2, -0.15) is 4.98 Å². The lowest BCUT2D eigenvalue weighted by atomic mass is 9.94. The number of para-hydroxylation sites is 2. The Morgan fingerprint density at radius 3 is 2.57 bits per heavy atom. The maximum atomic E-state index is 12.8. The Labute approximate surface area is 165 Å². The van der Waals surface area contributed by atoms with Gasteiger partial charge in [-0.1, -0.05) is 48.9 Å². The number of oxazole rings is 1. The smallest absolute Gasteiger partial charge is 0.298 e. The minimum absolute atomic E-state index is 0.0418. The predicted octanol–water partition coefficient (Wildman–Crippen LogP) is 4.62. The number of hydrogen-bond acceptors (Lipinski definition) is 4. The van der Waals surface area contributed by atoms with Gasteiger partial charge >= 0.3 is 0 Å². The van der Waals surface area contributed by atoms with E-state index in [1.54, 1.807) is 0 Å². The zero-order valence-electron chi connectivity index (χ0n) is 16.5. The van der Waals surface area contributed by atoms with Crippen LogP contribution in [0.1, 0.15) is 43.4 Å². The lowest BCUT2D eigenvalue weighted by molar-refractivity contribution is -0.126. The molecule has 1 aromatic heterocycles. The standard InChI is InChI=1S/C23H27N3O2/c1-3-19(17-10-8-16(2)9-11-17)24-22(27)18-12-14-26(15-13-18)23-25-20-6-4-5-7-21(20)28-23/h4-11,18-19H,3,12-15H2,1-2H3,(H,24,27). The topological polar surface area (TPSA) is 58.4 Å². The first-order chi connectivity index (χ1) is 13.6. The molecule has 5 nitrogen and oxygen atoms in total. The number of aromatic nitrogens is 1. The van der Waals surface area contributed by atoms with Gasteiger partial charge in [0.05, 0.1) is 6.04 Å². The van der Waals surface area contributed by atoms with Gasteiger partial charge in [0.25, 0.3) is 6.01 Å². The molecule has 1 aliphatic heterocycles. The summed E-state index contributed by atoms with van der Waals surface area (Å²) in [4.78, 5) is 19.5. The SMILES string of the molecule is CCC(NC(=O)C1CCN(c2nc3ccccc3o2)CC1)c1ccc(C)cc1. The number of aryl methyl sites for hydroxylation is 1. The van der Waals surface area contributed by atoms with Gasteiger partial charge in [-0.25, -0.2) is 0 Å². The Hall–Kier alpha value is -2.82. The highest BCUT2D eigenvalue weighted by Gasteiger charge is 2.28. The first-order valence-corrected chi connectivity index (χ1v) is 10.1. The van der Waals surface area contributed by atoms with Crippen LogP contribution in [0.15, 0.2) is 52.9 Å². The molecular formula is C23H27N3O2. The van der Waals surface area contributed by atoms with Crippen LogP contribution in [0.3, 0.4) is 0 Å². The van der Waals surface area contributed by atoms with Crippen molar-refractivity contribution in [2.45, 2.75) is 39.2 Å². The van der Waals surface area contributed by atoms with Crippen LogP contribution in [0.5, 0.6) is 0 Å². The van der Waals surface area contributed by atoms with E-state index in [9.17, 15) is 4.79 Å².